The van der Waals surface area contributed by atoms with Gasteiger partial charge in [-0.2, -0.15) is 13.2 Å². The summed E-state index contributed by atoms with van der Waals surface area (Å²) in [6, 6.07) is 7.73. The van der Waals surface area contributed by atoms with Gasteiger partial charge < -0.3 is 9.47 Å². The second-order valence-corrected chi connectivity index (χ2v) is 7.59. The third-order valence-electron chi connectivity index (χ3n) is 5.00. The molecule has 1 aliphatic heterocycles. The lowest BCUT2D eigenvalue weighted by Gasteiger charge is -2.23. The van der Waals surface area contributed by atoms with Gasteiger partial charge in [-0.25, -0.2) is 9.97 Å². The van der Waals surface area contributed by atoms with Crippen molar-refractivity contribution in [1.29, 1.82) is 0 Å². The van der Waals surface area contributed by atoms with Crippen molar-refractivity contribution in [2.75, 3.05) is 29.9 Å². The van der Waals surface area contributed by atoms with Crippen molar-refractivity contribution in [3.05, 3.63) is 57.5 Å². The molecule has 7 nitrogen and oxygen atoms in total. The zero-order valence-electron chi connectivity index (χ0n) is 16.4. The van der Waals surface area contributed by atoms with Crippen molar-refractivity contribution in [2.45, 2.75) is 19.1 Å². The van der Waals surface area contributed by atoms with E-state index in [9.17, 15) is 22.8 Å². The van der Waals surface area contributed by atoms with Gasteiger partial charge in [0.15, 0.2) is 11.6 Å². The topological polar surface area (TPSA) is 71.3 Å². The molecule has 3 heterocycles. The van der Waals surface area contributed by atoms with Gasteiger partial charge in [0.1, 0.15) is 11.6 Å². The van der Waals surface area contributed by atoms with Crippen LogP contribution in [0.1, 0.15) is 12.0 Å². The number of carbonyl (C=O) groups is 1. The summed E-state index contributed by atoms with van der Waals surface area (Å²) in [4.78, 5) is 37.8. The number of nitrogens with zero attached hydrogens (tertiary/aromatic N) is 5. The number of benzene rings is 1. The standard InChI is InChI=1S/C20H17ClF3N5O2/c1-27-7-4-8-29(18-17(27)25-14-5-2-3-6-15(14)26-18)16(30)11-28-10-12(20(22,23)24)9-13(21)19(28)31/h2-3,5-6,9-10H,4,7-8,11H2,1H3. The molecule has 0 N–H and O–H groups in total. The third kappa shape index (κ3) is 4.07. The number of carbonyl (C=O) groups excluding carboxylic acids is 1. The minimum absolute atomic E-state index is 0.282. The molecule has 0 spiro atoms. The van der Waals surface area contributed by atoms with Crippen molar-refractivity contribution < 1.29 is 18.0 Å². The van der Waals surface area contributed by atoms with Crippen LogP contribution in [-0.2, 0) is 17.5 Å². The van der Waals surface area contributed by atoms with Gasteiger partial charge in [0.2, 0.25) is 5.91 Å². The molecule has 162 valence electrons. The van der Waals surface area contributed by atoms with E-state index in [0.29, 0.717) is 52.5 Å². The van der Waals surface area contributed by atoms with Crippen LogP contribution in [0.3, 0.4) is 0 Å². The summed E-state index contributed by atoms with van der Waals surface area (Å²) >= 11 is 5.70. The molecule has 2 aromatic heterocycles. The minimum atomic E-state index is -4.70. The number of pyridine rings is 1. The average molecular weight is 452 g/mol. The number of amides is 1. The number of rotatable bonds is 2. The molecule has 11 heteroatoms. The summed E-state index contributed by atoms with van der Waals surface area (Å²) in [5, 5.41) is -0.607. The highest BCUT2D eigenvalue weighted by molar-refractivity contribution is 6.30. The van der Waals surface area contributed by atoms with Crippen LogP contribution in [0.15, 0.2) is 41.3 Å². The first-order chi connectivity index (χ1) is 14.6. The lowest BCUT2D eigenvalue weighted by Crippen LogP contribution is -2.38. The molecule has 0 atom stereocenters. The molecular formula is C20H17ClF3N5O2. The Morgan fingerprint density at radius 1 is 1.13 bits per heavy atom. The van der Waals surface area contributed by atoms with Gasteiger partial charge in [-0.3, -0.25) is 14.5 Å². The van der Waals surface area contributed by atoms with Crippen molar-refractivity contribution in [2.24, 2.45) is 0 Å². The number of anilines is 2. The second-order valence-electron chi connectivity index (χ2n) is 7.19. The second kappa shape index (κ2) is 7.84. The molecule has 0 saturated heterocycles. The maximum Gasteiger partial charge on any atom is 0.417 e. The largest absolute Gasteiger partial charge is 0.417 e. The molecule has 0 unspecified atom stereocenters. The molecule has 1 aliphatic rings. The Hall–Kier alpha value is -3.14. The molecule has 0 aliphatic carbocycles. The highest BCUT2D eigenvalue weighted by Gasteiger charge is 2.33. The Kier molecular flexibility index (Phi) is 5.34. The predicted molar refractivity (Wildman–Crippen MR) is 110 cm³/mol. The number of fused-ring (bicyclic) bond motifs is 2. The number of hydrogen-bond donors (Lipinski definition) is 0. The Morgan fingerprint density at radius 3 is 2.42 bits per heavy atom. The number of aromatic nitrogens is 3. The Labute approximate surface area is 179 Å². The number of hydrogen-bond acceptors (Lipinski definition) is 5. The van der Waals surface area contributed by atoms with Crippen LogP contribution in [0, 0.1) is 0 Å². The zero-order valence-corrected chi connectivity index (χ0v) is 17.1. The van der Waals surface area contributed by atoms with Gasteiger partial charge in [-0.15, -0.1) is 0 Å². The Morgan fingerprint density at radius 2 is 1.77 bits per heavy atom. The summed E-state index contributed by atoms with van der Waals surface area (Å²) in [7, 11) is 1.83. The van der Waals surface area contributed by atoms with Crippen LogP contribution in [0.2, 0.25) is 5.02 Å². The maximum atomic E-state index is 13.1. The first-order valence-corrected chi connectivity index (χ1v) is 9.78. The summed E-state index contributed by atoms with van der Waals surface area (Å²) < 4.78 is 40.0. The van der Waals surface area contributed by atoms with Crippen molar-refractivity contribution >= 4 is 40.2 Å². The Bertz CT molecular complexity index is 1230. The van der Waals surface area contributed by atoms with Gasteiger partial charge >= 0.3 is 6.18 Å². The van der Waals surface area contributed by atoms with E-state index in [1.807, 2.05) is 18.0 Å². The fourth-order valence-corrected chi connectivity index (χ4v) is 3.67. The van der Waals surface area contributed by atoms with Gasteiger partial charge in [0, 0.05) is 26.3 Å². The monoisotopic (exact) mass is 451 g/mol. The van der Waals surface area contributed by atoms with Crippen molar-refractivity contribution in [3.63, 3.8) is 0 Å². The van der Waals surface area contributed by atoms with Crippen LogP contribution in [0.4, 0.5) is 24.8 Å². The fraction of sp³-hybridized carbons (Fsp3) is 0.300. The van der Waals surface area contributed by atoms with E-state index in [1.165, 1.54) is 4.90 Å². The van der Waals surface area contributed by atoms with Crippen LogP contribution in [0.25, 0.3) is 11.0 Å². The van der Waals surface area contributed by atoms with E-state index in [4.69, 9.17) is 11.6 Å². The van der Waals surface area contributed by atoms with E-state index in [-0.39, 0.29) is 6.54 Å². The maximum absolute atomic E-state index is 13.1. The molecule has 1 amide bonds. The molecule has 0 radical (unpaired) electrons. The molecule has 0 saturated carbocycles. The van der Waals surface area contributed by atoms with E-state index < -0.39 is 34.8 Å². The highest BCUT2D eigenvalue weighted by Crippen LogP contribution is 2.31. The first kappa shape index (κ1) is 21.1. The van der Waals surface area contributed by atoms with Gasteiger partial charge in [-0.05, 0) is 24.6 Å². The predicted octanol–water partition coefficient (Wildman–Crippen LogP) is 3.34. The van der Waals surface area contributed by atoms with Crippen LogP contribution >= 0.6 is 11.6 Å². The quantitative estimate of drug-likeness (QED) is 0.597. The first-order valence-electron chi connectivity index (χ1n) is 9.40. The van der Waals surface area contributed by atoms with E-state index >= 15 is 0 Å². The van der Waals surface area contributed by atoms with Crippen molar-refractivity contribution in [1.82, 2.24) is 14.5 Å². The van der Waals surface area contributed by atoms with Gasteiger partial charge in [-0.1, -0.05) is 23.7 Å². The number of alkyl halides is 3. The van der Waals surface area contributed by atoms with E-state index in [1.54, 1.807) is 18.2 Å². The molecule has 31 heavy (non-hydrogen) atoms. The summed E-state index contributed by atoms with van der Waals surface area (Å²) in [6.07, 6.45) is -3.51. The summed E-state index contributed by atoms with van der Waals surface area (Å²) in [6.45, 7) is 0.282. The van der Waals surface area contributed by atoms with E-state index in [2.05, 4.69) is 9.97 Å². The molecular weight excluding hydrogens is 435 g/mol. The third-order valence-corrected chi connectivity index (χ3v) is 5.27. The molecule has 1 aromatic carbocycles. The average Bonchev–Trinajstić information content (AvgIpc) is 2.87. The molecule has 4 rings (SSSR count). The van der Waals surface area contributed by atoms with Gasteiger partial charge in [0.05, 0.1) is 16.6 Å². The van der Waals surface area contributed by atoms with Gasteiger partial charge in [0.25, 0.3) is 5.56 Å². The molecule has 3 aromatic rings. The van der Waals surface area contributed by atoms with Crippen LogP contribution in [0.5, 0.6) is 0 Å². The molecule has 0 fully saturated rings. The zero-order chi connectivity index (χ0) is 22.3. The smallest absolute Gasteiger partial charge is 0.357 e. The highest BCUT2D eigenvalue weighted by atomic mass is 35.5. The summed E-state index contributed by atoms with van der Waals surface area (Å²) in [5.41, 5.74) is -0.747. The lowest BCUT2D eigenvalue weighted by atomic mass is 10.2. The summed E-state index contributed by atoms with van der Waals surface area (Å²) in [5.74, 6) is 0.201. The molecule has 0 bridgehead atoms. The van der Waals surface area contributed by atoms with E-state index in [0.717, 1.165) is 0 Å². The van der Waals surface area contributed by atoms with Crippen LogP contribution in [-0.4, -0.2) is 40.6 Å². The van der Waals surface area contributed by atoms with Crippen molar-refractivity contribution in [3.8, 4) is 0 Å². The Balaban J connectivity index is 1.75. The number of para-hydroxylation sites is 2. The minimum Gasteiger partial charge on any atom is -0.357 e. The lowest BCUT2D eigenvalue weighted by molar-refractivity contribution is -0.138. The fourth-order valence-electron chi connectivity index (χ4n) is 3.44. The number of halogens is 4. The van der Waals surface area contributed by atoms with Crippen LogP contribution < -0.4 is 15.4 Å². The SMILES string of the molecule is CN1CCCN(C(=O)Cn2cc(C(F)(F)F)cc(Cl)c2=O)c2nc3ccccc3nc21. The normalized spacial score (nSPS) is 14.5.